The van der Waals surface area contributed by atoms with E-state index in [4.69, 9.17) is 10.00 Å². The van der Waals surface area contributed by atoms with E-state index in [9.17, 15) is 0 Å². The van der Waals surface area contributed by atoms with Crippen molar-refractivity contribution in [2.24, 2.45) is 0 Å². The Morgan fingerprint density at radius 2 is 2.23 bits per heavy atom. The Balaban J connectivity index is 3.31. The monoisotopic (exact) mass is 257 g/mol. The summed E-state index contributed by atoms with van der Waals surface area (Å²) in [5.41, 5.74) is 0.636. The van der Waals surface area contributed by atoms with Gasteiger partial charge in [0.15, 0.2) is 0 Å². The van der Waals surface area contributed by atoms with E-state index in [0.29, 0.717) is 5.56 Å². The molecule has 68 valence electrons. The highest BCUT2D eigenvalue weighted by atomic mass is 79.9. The molecule has 0 aliphatic rings. The summed E-state index contributed by atoms with van der Waals surface area (Å²) in [6, 6.07) is 5.66. The summed E-state index contributed by atoms with van der Waals surface area (Å²) in [6.45, 7) is 0. The zero-order valence-corrected chi connectivity index (χ0v) is 9.70. The van der Waals surface area contributed by atoms with Crippen LogP contribution in [-0.4, -0.2) is 13.4 Å². The van der Waals surface area contributed by atoms with E-state index in [-0.39, 0.29) is 0 Å². The molecule has 0 aromatic heterocycles. The Kier molecular flexibility index (Phi) is 3.64. The number of nitriles is 1. The molecule has 0 atom stereocenters. The van der Waals surface area contributed by atoms with Crippen LogP contribution in [0.1, 0.15) is 5.56 Å². The summed E-state index contributed by atoms with van der Waals surface area (Å²) in [4.78, 5) is 0.966. The first-order valence-electron chi connectivity index (χ1n) is 3.54. The van der Waals surface area contributed by atoms with Crippen molar-refractivity contribution in [1.82, 2.24) is 0 Å². The van der Waals surface area contributed by atoms with Crippen LogP contribution in [0.4, 0.5) is 0 Å². The molecule has 2 nitrogen and oxygen atoms in total. The van der Waals surface area contributed by atoms with Crippen molar-refractivity contribution in [2.75, 3.05) is 13.4 Å². The van der Waals surface area contributed by atoms with Gasteiger partial charge in [0.05, 0.1) is 28.1 Å². The summed E-state index contributed by atoms with van der Waals surface area (Å²) >= 11 is 4.91. The Hall–Kier alpha value is -0.660. The molecule has 1 aromatic carbocycles. The molecule has 1 aromatic rings. The lowest BCUT2D eigenvalue weighted by atomic mass is 10.2. The minimum Gasteiger partial charge on any atom is -0.494 e. The van der Waals surface area contributed by atoms with Crippen molar-refractivity contribution in [2.45, 2.75) is 4.90 Å². The van der Waals surface area contributed by atoms with Crippen LogP contribution in [0.3, 0.4) is 0 Å². The highest BCUT2D eigenvalue weighted by Gasteiger charge is 2.08. The van der Waals surface area contributed by atoms with Gasteiger partial charge in [-0.3, -0.25) is 0 Å². The fourth-order valence-corrected chi connectivity index (χ4v) is 2.36. The third-order valence-electron chi connectivity index (χ3n) is 1.56. The number of thioether (sulfide) groups is 1. The number of benzene rings is 1. The molecule has 13 heavy (non-hydrogen) atoms. The summed E-state index contributed by atoms with van der Waals surface area (Å²) in [6.07, 6.45) is 1.95. The maximum atomic E-state index is 8.72. The van der Waals surface area contributed by atoms with Gasteiger partial charge in [-0.1, -0.05) is 0 Å². The molecule has 0 spiro atoms. The number of rotatable bonds is 2. The van der Waals surface area contributed by atoms with Gasteiger partial charge in [0.1, 0.15) is 5.75 Å². The molecule has 0 radical (unpaired) electrons. The Bertz CT molecular complexity index is 359. The smallest absolute Gasteiger partial charge is 0.146 e. The maximum absolute atomic E-state index is 8.72. The first kappa shape index (κ1) is 10.4. The quantitative estimate of drug-likeness (QED) is 0.764. The fraction of sp³-hybridized carbons (Fsp3) is 0.222. The van der Waals surface area contributed by atoms with Gasteiger partial charge < -0.3 is 4.74 Å². The van der Waals surface area contributed by atoms with Crippen LogP contribution >= 0.6 is 27.7 Å². The molecule has 0 saturated heterocycles. The van der Waals surface area contributed by atoms with E-state index in [1.54, 1.807) is 24.9 Å². The largest absolute Gasteiger partial charge is 0.494 e. The highest BCUT2D eigenvalue weighted by molar-refractivity contribution is 9.10. The predicted molar refractivity (Wildman–Crippen MR) is 57.2 cm³/mol. The molecule has 0 bridgehead atoms. The lowest BCUT2D eigenvalue weighted by Crippen LogP contribution is -1.89. The molecule has 0 unspecified atom stereocenters. The number of ether oxygens (including phenoxy) is 1. The van der Waals surface area contributed by atoms with Crippen LogP contribution in [0, 0.1) is 11.3 Å². The van der Waals surface area contributed by atoms with E-state index in [0.717, 1.165) is 15.1 Å². The van der Waals surface area contributed by atoms with Gasteiger partial charge in [0.25, 0.3) is 0 Å². The topological polar surface area (TPSA) is 33.0 Å². The van der Waals surface area contributed by atoms with Crippen LogP contribution in [-0.2, 0) is 0 Å². The second-order valence-electron chi connectivity index (χ2n) is 2.31. The maximum Gasteiger partial charge on any atom is 0.146 e. The van der Waals surface area contributed by atoms with Crippen LogP contribution < -0.4 is 4.74 Å². The first-order chi connectivity index (χ1) is 6.22. The van der Waals surface area contributed by atoms with Crippen LogP contribution in [0.2, 0.25) is 0 Å². The van der Waals surface area contributed by atoms with Gasteiger partial charge >= 0.3 is 0 Å². The standard InChI is InChI=1S/C9H8BrNOS/c1-12-9-7(10)3-6(5-11)4-8(9)13-2/h3-4H,1-2H3. The Morgan fingerprint density at radius 1 is 1.54 bits per heavy atom. The molecule has 4 heteroatoms. The van der Waals surface area contributed by atoms with E-state index >= 15 is 0 Å². The van der Waals surface area contributed by atoms with Crippen molar-refractivity contribution in [3.05, 3.63) is 22.2 Å². The second kappa shape index (κ2) is 4.54. The SMILES string of the molecule is COc1c(Br)cc(C#N)cc1SC. The van der Waals surface area contributed by atoms with Gasteiger partial charge in [-0.25, -0.2) is 0 Å². The normalized spacial score (nSPS) is 9.38. The minimum atomic E-state index is 0.636. The van der Waals surface area contributed by atoms with E-state index in [1.165, 1.54) is 0 Å². The third-order valence-corrected chi connectivity index (χ3v) is 2.89. The van der Waals surface area contributed by atoms with E-state index in [2.05, 4.69) is 22.0 Å². The minimum absolute atomic E-state index is 0.636. The summed E-state index contributed by atoms with van der Waals surface area (Å²) in [7, 11) is 1.62. The number of hydrogen-bond donors (Lipinski definition) is 0. The number of halogens is 1. The van der Waals surface area contributed by atoms with Gasteiger partial charge in [-0.2, -0.15) is 5.26 Å². The Morgan fingerprint density at radius 3 is 2.69 bits per heavy atom. The van der Waals surface area contributed by atoms with E-state index in [1.807, 2.05) is 12.3 Å². The zero-order valence-electron chi connectivity index (χ0n) is 7.30. The number of hydrogen-bond acceptors (Lipinski definition) is 3. The number of nitrogens with zero attached hydrogens (tertiary/aromatic N) is 1. The molecule has 0 N–H and O–H groups in total. The molecular formula is C9H8BrNOS. The summed E-state index contributed by atoms with van der Waals surface area (Å²) < 4.78 is 6.01. The average molecular weight is 258 g/mol. The number of methoxy groups -OCH3 is 1. The predicted octanol–water partition coefficient (Wildman–Crippen LogP) is 3.05. The average Bonchev–Trinajstić information content (AvgIpc) is 2.16. The third kappa shape index (κ3) is 2.17. The van der Waals surface area contributed by atoms with Crippen molar-refractivity contribution in [3.8, 4) is 11.8 Å². The molecule has 0 aliphatic carbocycles. The van der Waals surface area contributed by atoms with E-state index < -0.39 is 0 Å². The fourth-order valence-electron chi connectivity index (χ4n) is 0.982. The van der Waals surface area contributed by atoms with Gasteiger partial charge in [-0.15, -0.1) is 11.8 Å². The van der Waals surface area contributed by atoms with Gasteiger partial charge in [0.2, 0.25) is 0 Å². The molecule has 0 aliphatic heterocycles. The summed E-state index contributed by atoms with van der Waals surface area (Å²) in [5, 5.41) is 8.72. The van der Waals surface area contributed by atoms with Crippen LogP contribution in [0.25, 0.3) is 0 Å². The van der Waals surface area contributed by atoms with Crippen LogP contribution in [0.5, 0.6) is 5.75 Å². The molecule has 1 rings (SSSR count). The lowest BCUT2D eigenvalue weighted by molar-refractivity contribution is 0.402. The Labute approximate surface area is 90.0 Å². The molecule has 0 saturated carbocycles. The van der Waals surface area contributed by atoms with Gasteiger partial charge in [-0.05, 0) is 34.3 Å². The molecule has 0 fully saturated rings. The van der Waals surface area contributed by atoms with Crippen molar-refractivity contribution < 1.29 is 4.74 Å². The van der Waals surface area contributed by atoms with Crippen molar-refractivity contribution in [3.63, 3.8) is 0 Å². The van der Waals surface area contributed by atoms with Gasteiger partial charge in [0, 0.05) is 0 Å². The first-order valence-corrected chi connectivity index (χ1v) is 5.56. The molecule has 0 amide bonds. The zero-order chi connectivity index (χ0) is 9.84. The van der Waals surface area contributed by atoms with Crippen LogP contribution in [0.15, 0.2) is 21.5 Å². The molecule has 0 heterocycles. The molecular weight excluding hydrogens is 250 g/mol. The van der Waals surface area contributed by atoms with Crippen molar-refractivity contribution >= 4 is 27.7 Å². The lowest BCUT2D eigenvalue weighted by Gasteiger charge is -2.08. The van der Waals surface area contributed by atoms with Crippen molar-refractivity contribution in [1.29, 1.82) is 5.26 Å². The highest BCUT2D eigenvalue weighted by Crippen LogP contribution is 2.35. The second-order valence-corrected chi connectivity index (χ2v) is 4.01. The summed E-state index contributed by atoms with van der Waals surface area (Å²) in [5.74, 6) is 0.784.